The van der Waals surface area contributed by atoms with E-state index in [0.717, 1.165) is 11.1 Å². The van der Waals surface area contributed by atoms with E-state index in [1.165, 1.54) is 17.4 Å². The molecule has 0 spiro atoms. The van der Waals surface area contributed by atoms with E-state index in [9.17, 15) is 10.1 Å². The normalized spacial score (nSPS) is 11.3. The predicted octanol–water partition coefficient (Wildman–Crippen LogP) is 4.98. The molecule has 2 rings (SSSR count). The number of nitrogens with one attached hydrogen (secondary N) is 1. The third-order valence-electron chi connectivity index (χ3n) is 3.86. The number of anilines is 1. The van der Waals surface area contributed by atoms with Crippen molar-refractivity contribution >= 4 is 28.3 Å². The number of nitriles is 1. The molecule has 6 heteroatoms. The minimum absolute atomic E-state index is 0.154. The van der Waals surface area contributed by atoms with Gasteiger partial charge in [-0.3, -0.25) is 4.79 Å². The number of hydrogen-bond acceptors (Lipinski definition) is 5. The quantitative estimate of drug-likeness (QED) is 0.713. The maximum Gasteiger partial charge on any atom is 0.249 e. The Bertz CT molecular complexity index is 886. The summed E-state index contributed by atoms with van der Waals surface area (Å²) in [4.78, 5) is 12.3. The van der Waals surface area contributed by atoms with Crippen LogP contribution in [0.3, 0.4) is 0 Å². The molecule has 0 aliphatic heterocycles. The summed E-state index contributed by atoms with van der Waals surface area (Å²) in [6.45, 7) is 8.58. The number of thiophene rings is 1. The molecule has 0 bridgehead atoms. The number of amides is 1. The molecule has 142 valence electrons. The van der Waals surface area contributed by atoms with Crippen molar-refractivity contribution in [2.45, 2.75) is 33.1 Å². The van der Waals surface area contributed by atoms with Crippen LogP contribution >= 0.6 is 11.3 Å². The Morgan fingerprint density at radius 1 is 1.33 bits per heavy atom. The number of benzene rings is 1. The van der Waals surface area contributed by atoms with Crippen molar-refractivity contribution < 1.29 is 14.3 Å². The van der Waals surface area contributed by atoms with Crippen molar-refractivity contribution in [3.8, 4) is 17.6 Å². The number of hydrogen-bond donors (Lipinski definition) is 1. The Balaban J connectivity index is 2.15. The van der Waals surface area contributed by atoms with Gasteiger partial charge in [0.1, 0.15) is 11.1 Å². The molecule has 0 radical (unpaired) electrons. The Kier molecular flexibility index (Phi) is 6.65. The van der Waals surface area contributed by atoms with Gasteiger partial charge in [0, 0.05) is 6.08 Å². The minimum atomic E-state index is -0.290. The first-order chi connectivity index (χ1) is 12.8. The van der Waals surface area contributed by atoms with E-state index in [-0.39, 0.29) is 11.3 Å². The highest BCUT2D eigenvalue weighted by Crippen LogP contribution is 2.35. The second-order valence-corrected chi connectivity index (χ2v) is 7.76. The van der Waals surface area contributed by atoms with Gasteiger partial charge in [0.25, 0.3) is 0 Å². The third kappa shape index (κ3) is 5.11. The minimum Gasteiger partial charge on any atom is -0.493 e. The second-order valence-electron chi connectivity index (χ2n) is 6.88. The summed E-state index contributed by atoms with van der Waals surface area (Å²) in [7, 11) is 1.57. The molecular formula is C21H24N2O3S. The number of methoxy groups -OCH3 is 1. The fourth-order valence-electron chi connectivity index (χ4n) is 2.50. The van der Waals surface area contributed by atoms with Gasteiger partial charge in [-0.2, -0.15) is 5.26 Å². The molecule has 1 aromatic heterocycles. The van der Waals surface area contributed by atoms with Crippen LogP contribution in [0.1, 0.15) is 44.4 Å². The fourth-order valence-corrected chi connectivity index (χ4v) is 3.64. The van der Waals surface area contributed by atoms with E-state index in [1.807, 2.05) is 45.2 Å². The molecule has 1 amide bonds. The standard InChI is InChI=1S/C21H24N2O3S/c1-6-26-17-9-7-14(11-18(17)25-5)8-10-19(24)23-20-15(12-22)16(13-27-20)21(2,3)4/h7-11,13H,6H2,1-5H3,(H,23,24)/b10-8+. The molecule has 0 fully saturated rings. The first kappa shape index (κ1) is 20.5. The molecule has 0 atom stereocenters. The first-order valence-corrected chi connectivity index (χ1v) is 9.50. The maximum atomic E-state index is 12.3. The zero-order valence-electron chi connectivity index (χ0n) is 16.3. The van der Waals surface area contributed by atoms with Crippen LogP contribution in [0.4, 0.5) is 5.00 Å². The lowest BCUT2D eigenvalue weighted by Gasteiger charge is -2.17. The van der Waals surface area contributed by atoms with E-state index in [0.29, 0.717) is 28.7 Å². The van der Waals surface area contributed by atoms with Crippen LogP contribution in [0.5, 0.6) is 11.5 Å². The zero-order chi connectivity index (χ0) is 20.0. The summed E-state index contributed by atoms with van der Waals surface area (Å²) >= 11 is 1.37. The van der Waals surface area contributed by atoms with Crippen molar-refractivity contribution in [1.29, 1.82) is 5.26 Å². The van der Waals surface area contributed by atoms with Crippen molar-refractivity contribution in [3.05, 3.63) is 46.3 Å². The van der Waals surface area contributed by atoms with Crippen LogP contribution in [0, 0.1) is 11.3 Å². The summed E-state index contributed by atoms with van der Waals surface area (Å²) in [6, 6.07) is 7.66. The summed E-state index contributed by atoms with van der Waals surface area (Å²) < 4.78 is 10.8. The van der Waals surface area contributed by atoms with Crippen molar-refractivity contribution in [3.63, 3.8) is 0 Å². The lowest BCUT2D eigenvalue weighted by molar-refractivity contribution is -0.111. The molecule has 1 aromatic carbocycles. The highest BCUT2D eigenvalue weighted by Gasteiger charge is 2.22. The number of rotatable bonds is 6. The Labute approximate surface area is 164 Å². The Morgan fingerprint density at radius 2 is 2.07 bits per heavy atom. The van der Waals surface area contributed by atoms with Gasteiger partial charge in [0.2, 0.25) is 5.91 Å². The van der Waals surface area contributed by atoms with Crippen LogP contribution in [0.2, 0.25) is 0 Å². The average Bonchev–Trinajstić information content (AvgIpc) is 3.03. The number of carbonyl (C=O) groups excluding carboxylic acids is 1. The van der Waals surface area contributed by atoms with E-state index >= 15 is 0 Å². The van der Waals surface area contributed by atoms with Gasteiger partial charge >= 0.3 is 0 Å². The average molecular weight is 385 g/mol. The Morgan fingerprint density at radius 3 is 2.67 bits per heavy atom. The van der Waals surface area contributed by atoms with Gasteiger partial charge in [0.05, 0.1) is 19.3 Å². The van der Waals surface area contributed by atoms with Crippen molar-refractivity contribution in [1.82, 2.24) is 0 Å². The second kappa shape index (κ2) is 8.74. The molecule has 0 saturated heterocycles. The number of nitrogens with zero attached hydrogens (tertiary/aromatic N) is 1. The van der Waals surface area contributed by atoms with Gasteiger partial charge in [-0.05, 0) is 47.1 Å². The highest BCUT2D eigenvalue weighted by molar-refractivity contribution is 7.14. The van der Waals surface area contributed by atoms with Crippen LogP contribution in [-0.2, 0) is 10.2 Å². The topological polar surface area (TPSA) is 71.3 Å². The molecule has 1 heterocycles. The van der Waals surface area contributed by atoms with Crippen LogP contribution in [-0.4, -0.2) is 19.6 Å². The molecule has 0 saturated carbocycles. The maximum absolute atomic E-state index is 12.3. The van der Waals surface area contributed by atoms with Crippen LogP contribution in [0.25, 0.3) is 6.08 Å². The number of ether oxygens (including phenoxy) is 2. The summed E-state index contributed by atoms with van der Waals surface area (Å²) in [5.41, 5.74) is 2.12. The SMILES string of the molecule is CCOc1ccc(/C=C/C(=O)Nc2scc(C(C)(C)C)c2C#N)cc1OC. The fraction of sp³-hybridized carbons (Fsp3) is 0.333. The summed E-state index contributed by atoms with van der Waals surface area (Å²) in [6.07, 6.45) is 3.13. The van der Waals surface area contributed by atoms with Gasteiger partial charge in [-0.15, -0.1) is 11.3 Å². The number of carbonyl (C=O) groups is 1. The molecule has 1 N–H and O–H groups in total. The molecule has 5 nitrogen and oxygen atoms in total. The monoisotopic (exact) mass is 384 g/mol. The molecular weight excluding hydrogens is 360 g/mol. The lowest BCUT2D eigenvalue weighted by atomic mass is 9.86. The molecule has 27 heavy (non-hydrogen) atoms. The van der Waals surface area contributed by atoms with Crippen LogP contribution < -0.4 is 14.8 Å². The van der Waals surface area contributed by atoms with Gasteiger partial charge in [0.15, 0.2) is 11.5 Å². The molecule has 0 aliphatic carbocycles. The predicted molar refractivity (Wildman–Crippen MR) is 110 cm³/mol. The Hall–Kier alpha value is -2.78. The smallest absolute Gasteiger partial charge is 0.249 e. The van der Waals surface area contributed by atoms with E-state index < -0.39 is 0 Å². The van der Waals surface area contributed by atoms with Gasteiger partial charge < -0.3 is 14.8 Å². The van der Waals surface area contributed by atoms with Gasteiger partial charge in [-0.1, -0.05) is 26.8 Å². The summed E-state index contributed by atoms with van der Waals surface area (Å²) in [5, 5.41) is 14.8. The van der Waals surface area contributed by atoms with E-state index in [2.05, 4.69) is 11.4 Å². The largest absolute Gasteiger partial charge is 0.493 e. The third-order valence-corrected chi connectivity index (χ3v) is 4.76. The van der Waals surface area contributed by atoms with Gasteiger partial charge in [-0.25, -0.2) is 0 Å². The lowest BCUT2D eigenvalue weighted by Crippen LogP contribution is -2.13. The summed E-state index contributed by atoms with van der Waals surface area (Å²) in [5.74, 6) is 0.981. The highest BCUT2D eigenvalue weighted by atomic mass is 32.1. The van der Waals surface area contributed by atoms with Crippen LogP contribution in [0.15, 0.2) is 29.7 Å². The molecule has 2 aromatic rings. The zero-order valence-corrected chi connectivity index (χ0v) is 17.1. The van der Waals surface area contributed by atoms with Crippen molar-refractivity contribution in [2.24, 2.45) is 0 Å². The van der Waals surface area contributed by atoms with E-state index in [4.69, 9.17) is 9.47 Å². The van der Waals surface area contributed by atoms with Crippen molar-refractivity contribution in [2.75, 3.05) is 19.0 Å². The first-order valence-electron chi connectivity index (χ1n) is 8.62. The van der Waals surface area contributed by atoms with E-state index in [1.54, 1.807) is 19.3 Å². The molecule has 0 aliphatic rings. The molecule has 0 unspecified atom stereocenters.